The number of fused-ring (bicyclic) bond motifs is 2. The summed E-state index contributed by atoms with van der Waals surface area (Å²) in [5.74, 6) is -1.75. The lowest BCUT2D eigenvalue weighted by atomic mass is 9.94. The zero-order valence-electron chi connectivity index (χ0n) is 12.0. The van der Waals surface area contributed by atoms with Crippen LogP contribution in [0.1, 0.15) is 18.4 Å². The van der Waals surface area contributed by atoms with Gasteiger partial charge < -0.3 is 15.2 Å². The SMILES string of the molecule is C[C@H]1CO[C@@]2(N=C(N)[C@@]3(C#N)[C@@H](c4ccccc4)[C@@]23C#N)O1. The first-order valence-electron chi connectivity index (χ1n) is 7.13. The van der Waals surface area contributed by atoms with Gasteiger partial charge in [-0.15, -0.1) is 0 Å². The summed E-state index contributed by atoms with van der Waals surface area (Å²) in [6, 6.07) is 13.9. The maximum absolute atomic E-state index is 9.93. The molecule has 110 valence electrons. The number of nitrogens with two attached hydrogens (primary N) is 1. The molecule has 3 aliphatic rings. The molecule has 2 N–H and O–H groups in total. The number of ether oxygens (including phenoxy) is 2. The summed E-state index contributed by atoms with van der Waals surface area (Å²) in [5, 5.41) is 19.7. The molecule has 0 unspecified atom stereocenters. The van der Waals surface area contributed by atoms with Gasteiger partial charge in [0, 0.05) is 5.92 Å². The van der Waals surface area contributed by atoms with Crippen LogP contribution in [0, 0.1) is 33.5 Å². The maximum Gasteiger partial charge on any atom is 0.293 e. The highest BCUT2D eigenvalue weighted by molar-refractivity contribution is 6.00. The van der Waals surface area contributed by atoms with Crippen LogP contribution in [0.4, 0.5) is 0 Å². The van der Waals surface area contributed by atoms with Crippen molar-refractivity contribution in [2.24, 2.45) is 21.6 Å². The van der Waals surface area contributed by atoms with Crippen LogP contribution in [-0.4, -0.2) is 24.5 Å². The van der Waals surface area contributed by atoms with Crippen molar-refractivity contribution in [2.75, 3.05) is 6.61 Å². The number of aliphatic imine (C=N–C) groups is 1. The predicted octanol–water partition coefficient (Wildman–Crippen LogP) is 1.26. The summed E-state index contributed by atoms with van der Waals surface area (Å²) in [5.41, 5.74) is 4.52. The number of hydrogen-bond acceptors (Lipinski definition) is 6. The van der Waals surface area contributed by atoms with Crippen molar-refractivity contribution in [2.45, 2.75) is 24.9 Å². The van der Waals surface area contributed by atoms with Crippen molar-refractivity contribution in [3.63, 3.8) is 0 Å². The summed E-state index contributed by atoms with van der Waals surface area (Å²) in [6.07, 6.45) is -0.201. The van der Waals surface area contributed by atoms with E-state index in [0.717, 1.165) is 5.56 Å². The fourth-order valence-electron chi connectivity index (χ4n) is 4.01. The van der Waals surface area contributed by atoms with Crippen molar-refractivity contribution >= 4 is 5.84 Å². The first-order valence-corrected chi connectivity index (χ1v) is 7.13. The minimum Gasteiger partial charge on any atom is -0.386 e. The second kappa shape index (κ2) is 3.86. The molecule has 2 aliphatic heterocycles. The third kappa shape index (κ3) is 1.13. The molecule has 6 nitrogen and oxygen atoms in total. The molecule has 1 aromatic rings. The van der Waals surface area contributed by atoms with E-state index in [0.29, 0.717) is 6.61 Å². The molecule has 1 aromatic carbocycles. The molecule has 2 heterocycles. The lowest BCUT2D eigenvalue weighted by Gasteiger charge is -2.26. The highest BCUT2D eigenvalue weighted by atomic mass is 16.8. The Morgan fingerprint density at radius 3 is 2.55 bits per heavy atom. The Balaban J connectivity index is 1.93. The van der Waals surface area contributed by atoms with E-state index in [9.17, 15) is 10.5 Å². The zero-order chi connectivity index (χ0) is 15.6. The van der Waals surface area contributed by atoms with Gasteiger partial charge in [-0.25, -0.2) is 4.99 Å². The van der Waals surface area contributed by atoms with Crippen LogP contribution < -0.4 is 5.73 Å². The Hall–Kier alpha value is -2.41. The number of nitrogens with zero attached hydrogens (tertiary/aromatic N) is 3. The second-order valence-corrected chi connectivity index (χ2v) is 6.00. The maximum atomic E-state index is 9.93. The molecule has 4 rings (SSSR count). The van der Waals surface area contributed by atoms with Crippen molar-refractivity contribution in [1.29, 1.82) is 10.5 Å². The van der Waals surface area contributed by atoms with Crippen LogP contribution >= 0.6 is 0 Å². The molecular weight excluding hydrogens is 280 g/mol. The quantitative estimate of drug-likeness (QED) is 0.839. The zero-order valence-corrected chi connectivity index (χ0v) is 12.0. The Bertz CT molecular complexity index is 765. The molecule has 5 atom stereocenters. The van der Waals surface area contributed by atoms with Crippen LogP contribution in [0.25, 0.3) is 0 Å². The number of amidine groups is 1. The smallest absolute Gasteiger partial charge is 0.293 e. The van der Waals surface area contributed by atoms with E-state index in [1.807, 2.05) is 37.3 Å². The second-order valence-electron chi connectivity index (χ2n) is 6.00. The summed E-state index contributed by atoms with van der Waals surface area (Å²) < 4.78 is 11.6. The van der Waals surface area contributed by atoms with Gasteiger partial charge in [-0.05, 0) is 12.5 Å². The van der Waals surface area contributed by atoms with E-state index in [2.05, 4.69) is 17.1 Å². The van der Waals surface area contributed by atoms with E-state index in [1.54, 1.807) is 0 Å². The lowest BCUT2D eigenvalue weighted by Crippen LogP contribution is -2.39. The average molecular weight is 294 g/mol. The Kier molecular flexibility index (Phi) is 2.33. The minimum atomic E-state index is -1.47. The van der Waals surface area contributed by atoms with Crippen molar-refractivity contribution < 1.29 is 9.47 Å². The van der Waals surface area contributed by atoms with Gasteiger partial charge in [0.1, 0.15) is 11.3 Å². The average Bonchev–Trinajstić information content (AvgIpc) is 2.93. The van der Waals surface area contributed by atoms with Crippen LogP contribution in [-0.2, 0) is 9.47 Å². The molecule has 1 saturated heterocycles. The normalized spacial score (nSPS) is 45.0. The summed E-state index contributed by atoms with van der Waals surface area (Å²) in [4.78, 5) is 4.27. The largest absolute Gasteiger partial charge is 0.386 e. The van der Waals surface area contributed by atoms with Crippen LogP contribution in [0.15, 0.2) is 35.3 Å². The predicted molar refractivity (Wildman–Crippen MR) is 76.1 cm³/mol. The highest BCUT2D eigenvalue weighted by Gasteiger charge is 2.94. The van der Waals surface area contributed by atoms with Gasteiger partial charge in [-0.2, -0.15) is 10.5 Å². The van der Waals surface area contributed by atoms with E-state index < -0.39 is 22.7 Å². The number of benzene rings is 1. The van der Waals surface area contributed by atoms with Gasteiger partial charge >= 0.3 is 0 Å². The van der Waals surface area contributed by atoms with E-state index >= 15 is 0 Å². The summed E-state index contributed by atoms with van der Waals surface area (Å²) in [6.45, 7) is 2.17. The van der Waals surface area contributed by atoms with Gasteiger partial charge in [0.25, 0.3) is 5.91 Å². The molecular formula is C16H14N4O2. The van der Waals surface area contributed by atoms with Gasteiger partial charge in [0.2, 0.25) is 0 Å². The van der Waals surface area contributed by atoms with Crippen molar-refractivity contribution in [1.82, 2.24) is 0 Å². The fraction of sp³-hybridized carbons (Fsp3) is 0.438. The third-order valence-corrected chi connectivity index (χ3v) is 4.93. The Labute approximate surface area is 127 Å². The molecule has 1 spiro atoms. The molecule has 0 amide bonds. The topological polar surface area (TPSA) is 104 Å². The van der Waals surface area contributed by atoms with Gasteiger partial charge in [0.05, 0.1) is 24.8 Å². The fourth-order valence-corrected chi connectivity index (χ4v) is 4.01. The van der Waals surface area contributed by atoms with Crippen molar-refractivity contribution in [3.05, 3.63) is 35.9 Å². The molecule has 0 aromatic heterocycles. The monoisotopic (exact) mass is 294 g/mol. The van der Waals surface area contributed by atoms with Crippen LogP contribution in [0.2, 0.25) is 0 Å². The molecule has 6 heteroatoms. The van der Waals surface area contributed by atoms with E-state index in [4.69, 9.17) is 15.2 Å². The molecule has 1 aliphatic carbocycles. The molecule has 1 saturated carbocycles. The molecule has 0 bridgehead atoms. The molecule has 22 heavy (non-hydrogen) atoms. The molecule has 0 radical (unpaired) electrons. The van der Waals surface area contributed by atoms with E-state index in [-0.39, 0.29) is 11.9 Å². The van der Waals surface area contributed by atoms with Crippen molar-refractivity contribution in [3.8, 4) is 12.1 Å². The molecule has 2 fully saturated rings. The van der Waals surface area contributed by atoms with Crippen LogP contribution in [0.5, 0.6) is 0 Å². The number of rotatable bonds is 1. The highest BCUT2D eigenvalue weighted by Crippen LogP contribution is 2.82. The van der Waals surface area contributed by atoms with Crippen LogP contribution in [0.3, 0.4) is 0 Å². The first-order chi connectivity index (χ1) is 10.6. The Morgan fingerprint density at radius 2 is 2.00 bits per heavy atom. The summed E-state index contributed by atoms with van der Waals surface area (Å²) >= 11 is 0. The first kappa shape index (κ1) is 13.3. The standard InChI is InChI=1S/C16H14N4O2/c1-10-7-21-16(22-10)15(9-18)12(11-5-3-2-4-6-11)14(15,8-17)13(19)20-16/h2-6,10,12H,7H2,1H3,(H2,19,20)/t10-,12+,14+,15+,16+/m0/s1. The van der Waals surface area contributed by atoms with Gasteiger partial charge in [-0.3, -0.25) is 0 Å². The minimum absolute atomic E-state index is 0.125. The van der Waals surface area contributed by atoms with E-state index in [1.165, 1.54) is 0 Å². The number of nitriles is 2. The Morgan fingerprint density at radius 1 is 1.27 bits per heavy atom. The third-order valence-electron chi connectivity index (χ3n) is 4.93. The lowest BCUT2D eigenvalue weighted by molar-refractivity contribution is -0.193. The summed E-state index contributed by atoms with van der Waals surface area (Å²) in [7, 11) is 0. The number of hydrogen-bond donors (Lipinski definition) is 1. The van der Waals surface area contributed by atoms with Gasteiger partial charge in [0.15, 0.2) is 5.41 Å². The van der Waals surface area contributed by atoms with Gasteiger partial charge in [-0.1, -0.05) is 30.3 Å².